The molecule has 0 aromatic heterocycles. The molecule has 90 valence electrons. The van der Waals surface area contributed by atoms with E-state index in [4.69, 9.17) is 5.11 Å². The van der Waals surface area contributed by atoms with Gasteiger partial charge in [-0.05, 0) is 38.5 Å². The van der Waals surface area contributed by atoms with Crippen LogP contribution in [0, 0.1) is 11.3 Å². The summed E-state index contributed by atoms with van der Waals surface area (Å²) in [5, 5.41) is 22.3. The molecule has 4 heteroatoms. The van der Waals surface area contributed by atoms with Crippen LogP contribution >= 0.6 is 11.8 Å². The van der Waals surface area contributed by atoms with E-state index in [2.05, 4.69) is 11.4 Å². The van der Waals surface area contributed by atoms with Crippen LogP contribution in [-0.4, -0.2) is 34.3 Å². The predicted molar refractivity (Wildman–Crippen MR) is 66.3 cm³/mol. The third-order valence-corrected chi connectivity index (χ3v) is 4.71. The number of thioether (sulfide) groups is 1. The van der Waals surface area contributed by atoms with E-state index < -0.39 is 0 Å². The molecule has 0 spiro atoms. The highest BCUT2D eigenvalue weighted by molar-refractivity contribution is 7.99. The Bertz CT molecular complexity index is 275. The van der Waals surface area contributed by atoms with Crippen molar-refractivity contribution in [3.63, 3.8) is 0 Å². The lowest BCUT2D eigenvalue weighted by Gasteiger charge is -2.36. The molecule has 0 amide bonds. The second kappa shape index (κ2) is 5.39. The van der Waals surface area contributed by atoms with Gasteiger partial charge in [-0.25, -0.2) is 0 Å². The minimum absolute atomic E-state index is 0.247. The molecular weight excluding hydrogens is 220 g/mol. The van der Waals surface area contributed by atoms with Crippen LogP contribution < -0.4 is 5.32 Å². The van der Waals surface area contributed by atoms with Gasteiger partial charge in [0.25, 0.3) is 0 Å². The number of nitrogens with zero attached hydrogens (tertiary/aromatic N) is 1. The number of nitrogens with one attached hydrogen (secondary N) is 1. The number of rotatable bonds is 5. The Morgan fingerprint density at radius 2 is 2.25 bits per heavy atom. The van der Waals surface area contributed by atoms with Crippen molar-refractivity contribution in [3.05, 3.63) is 0 Å². The van der Waals surface area contributed by atoms with Crippen LogP contribution in [0.4, 0.5) is 0 Å². The average molecular weight is 240 g/mol. The van der Waals surface area contributed by atoms with Gasteiger partial charge >= 0.3 is 0 Å². The van der Waals surface area contributed by atoms with Gasteiger partial charge in [0.2, 0.25) is 0 Å². The molecule has 3 nitrogen and oxygen atoms in total. The highest BCUT2D eigenvalue weighted by Gasteiger charge is 2.40. The van der Waals surface area contributed by atoms with Gasteiger partial charge in [0.1, 0.15) is 5.54 Å². The molecular formula is C12H20N2OS. The van der Waals surface area contributed by atoms with E-state index in [1.165, 1.54) is 19.3 Å². The quantitative estimate of drug-likeness (QED) is 0.767. The standard InChI is InChI=1S/C12H20N2OS/c13-9-12(14-10-3-4-10)5-1-2-11(8-12)16-7-6-15/h10-11,14-15H,1-8H2. The van der Waals surface area contributed by atoms with E-state index in [1.807, 2.05) is 11.8 Å². The largest absolute Gasteiger partial charge is 0.396 e. The molecule has 2 aliphatic rings. The first-order chi connectivity index (χ1) is 7.78. The molecule has 0 aromatic rings. The van der Waals surface area contributed by atoms with Crippen LogP contribution in [0.5, 0.6) is 0 Å². The molecule has 2 unspecified atom stereocenters. The molecule has 0 aliphatic heterocycles. The van der Waals surface area contributed by atoms with E-state index in [-0.39, 0.29) is 12.1 Å². The van der Waals surface area contributed by atoms with Crippen molar-refractivity contribution in [2.75, 3.05) is 12.4 Å². The molecule has 2 saturated carbocycles. The van der Waals surface area contributed by atoms with E-state index in [0.717, 1.165) is 25.0 Å². The van der Waals surface area contributed by atoms with E-state index in [1.54, 1.807) is 0 Å². The molecule has 0 saturated heterocycles. The van der Waals surface area contributed by atoms with Gasteiger partial charge in [-0.3, -0.25) is 5.32 Å². The van der Waals surface area contributed by atoms with Crippen LogP contribution in [0.3, 0.4) is 0 Å². The van der Waals surface area contributed by atoms with Gasteiger partial charge in [-0.1, -0.05) is 0 Å². The Kier molecular flexibility index (Phi) is 4.12. The van der Waals surface area contributed by atoms with Crippen molar-refractivity contribution in [2.24, 2.45) is 0 Å². The smallest absolute Gasteiger partial charge is 0.108 e. The Labute approximate surface area is 102 Å². The van der Waals surface area contributed by atoms with Gasteiger partial charge in [0.15, 0.2) is 0 Å². The number of aliphatic hydroxyl groups excluding tert-OH is 1. The van der Waals surface area contributed by atoms with Gasteiger partial charge in [0.05, 0.1) is 12.7 Å². The molecule has 0 heterocycles. The molecule has 2 atom stereocenters. The molecule has 2 rings (SSSR count). The zero-order valence-electron chi connectivity index (χ0n) is 9.61. The lowest BCUT2D eigenvalue weighted by molar-refractivity contribution is 0.299. The fraction of sp³-hybridized carbons (Fsp3) is 0.917. The van der Waals surface area contributed by atoms with Crippen LogP contribution in [0.15, 0.2) is 0 Å². The fourth-order valence-corrected chi connectivity index (χ4v) is 3.64. The second-order valence-corrected chi connectivity index (χ2v) is 6.33. The van der Waals surface area contributed by atoms with Crippen LogP contribution in [0.1, 0.15) is 38.5 Å². The van der Waals surface area contributed by atoms with Crippen molar-refractivity contribution < 1.29 is 5.11 Å². The lowest BCUT2D eigenvalue weighted by atomic mass is 9.82. The lowest BCUT2D eigenvalue weighted by Crippen LogP contribution is -2.49. The highest BCUT2D eigenvalue weighted by atomic mass is 32.2. The molecule has 0 radical (unpaired) electrons. The number of hydrogen-bond donors (Lipinski definition) is 2. The fourth-order valence-electron chi connectivity index (χ4n) is 2.47. The Hall–Kier alpha value is -0.240. The summed E-state index contributed by atoms with van der Waals surface area (Å²) < 4.78 is 0. The van der Waals surface area contributed by atoms with Crippen molar-refractivity contribution in [1.29, 1.82) is 5.26 Å². The highest BCUT2D eigenvalue weighted by Crippen LogP contribution is 2.37. The summed E-state index contributed by atoms with van der Waals surface area (Å²) >= 11 is 1.82. The van der Waals surface area contributed by atoms with Crippen LogP contribution in [-0.2, 0) is 0 Å². The Morgan fingerprint density at radius 1 is 1.44 bits per heavy atom. The maximum Gasteiger partial charge on any atom is 0.108 e. The minimum Gasteiger partial charge on any atom is -0.396 e. The Morgan fingerprint density at radius 3 is 2.88 bits per heavy atom. The van der Waals surface area contributed by atoms with Crippen molar-refractivity contribution in [1.82, 2.24) is 5.32 Å². The summed E-state index contributed by atoms with van der Waals surface area (Å²) in [6, 6.07) is 3.11. The normalized spacial score (nSPS) is 34.6. The second-order valence-electron chi connectivity index (χ2n) is 4.93. The van der Waals surface area contributed by atoms with Gasteiger partial charge in [-0.15, -0.1) is 0 Å². The first-order valence-electron chi connectivity index (χ1n) is 6.19. The van der Waals surface area contributed by atoms with Gasteiger partial charge < -0.3 is 5.11 Å². The first kappa shape index (κ1) is 12.2. The molecule has 0 aromatic carbocycles. The Balaban J connectivity index is 1.89. The van der Waals surface area contributed by atoms with Crippen molar-refractivity contribution >= 4 is 11.8 Å². The zero-order valence-corrected chi connectivity index (χ0v) is 10.4. The van der Waals surface area contributed by atoms with Crippen LogP contribution in [0.25, 0.3) is 0 Å². The number of nitriles is 1. The molecule has 2 N–H and O–H groups in total. The van der Waals surface area contributed by atoms with E-state index >= 15 is 0 Å². The first-order valence-corrected chi connectivity index (χ1v) is 7.24. The number of aliphatic hydroxyl groups is 1. The summed E-state index contributed by atoms with van der Waals surface area (Å²) in [5.41, 5.74) is -0.271. The molecule has 16 heavy (non-hydrogen) atoms. The van der Waals surface area contributed by atoms with Gasteiger partial charge in [-0.2, -0.15) is 17.0 Å². The van der Waals surface area contributed by atoms with E-state index in [9.17, 15) is 5.26 Å². The molecule has 2 fully saturated rings. The zero-order chi connectivity index (χ0) is 11.4. The SMILES string of the molecule is N#CC1(NC2CC2)CCCC(SCCO)C1. The molecule has 0 bridgehead atoms. The topological polar surface area (TPSA) is 56.0 Å². The summed E-state index contributed by atoms with van der Waals surface area (Å²) in [5.74, 6) is 0.801. The maximum atomic E-state index is 9.39. The third-order valence-electron chi connectivity index (χ3n) is 3.42. The average Bonchev–Trinajstić information content (AvgIpc) is 3.10. The van der Waals surface area contributed by atoms with Gasteiger partial charge in [0, 0.05) is 17.0 Å². The number of hydrogen-bond acceptors (Lipinski definition) is 4. The monoisotopic (exact) mass is 240 g/mol. The summed E-state index contributed by atoms with van der Waals surface area (Å²) in [6.07, 6.45) is 6.74. The molecule has 2 aliphatic carbocycles. The summed E-state index contributed by atoms with van der Waals surface area (Å²) in [7, 11) is 0. The summed E-state index contributed by atoms with van der Waals surface area (Å²) in [4.78, 5) is 0. The van der Waals surface area contributed by atoms with Crippen molar-refractivity contribution in [2.45, 2.75) is 55.4 Å². The minimum atomic E-state index is -0.271. The predicted octanol–water partition coefficient (Wildman–Crippen LogP) is 1.67. The van der Waals surface area contributed by atoms with Crippen molar-refractivity contribution in [3.8, 4) is 6.07 Å². The third kappa shape index (κ3) is 3.13. The van der Waals surface area contributed by atoms with Crippen LogP contribution in [0.2, 0.25) is 0 Å². The summed E-state index contributed by atoms with van der Waals surface area (Å²) in [6.45, 7) is 0.247. The van der Waals surface area contributed by atoms with E-state index in [0.29, 0.717) is 11.3 Å². The maximum absolute atomic E-state index is 9.39.